The van der Waals surface area contributed by atoms with Crippen LogP contribution in [0.3, 0.4) is 0 Å². The summed E-state index contributed by atoms with van der Waals surface area (Å²) in [4.78, 5) is 19.7. The molecule has 6 nitrogen and oxygen atoms in total. The van der Waals surface area contributed by atoms with Gasteiger partial charge in [0.2, 0.25) is 5.89 Å². The van der Waals surface area contributed by atoms with E-state index in [0.29, 0.717) is 17.6 Å². The van der Waals surface area contributed by atoms with Crippen molar-refractivity contribution < 1.29 is 4.52 Å². The highest BCUT2D eigenvalue weighted by Gasteiger charge is 2.10. The zero-order chi connectivity index (χ0) is 13.1. The van der Waals surface area contributed by atoms with Crippen molar-refractivity contribution in [2.75, 3.05) is 0 Å². The Morgan fingerprint density at radius 1 is 1.39 bits per heavy atom. The average molecular weight is 248 g/mol. The summed E-state index contributed by atoms with van der Waals surface area (Å²) in [7, 11) is 0. The number of hydrogen-bond donors (Lipinski definition) is 0. The predicted octanol–water partition coefficient (Wildman–Crippen LogP) is 1.18. The standard InChI is InChI=1S/C12H16N4O2/c1-8(2)4-10-14-11(18-15-10)7-16-9(3)5-13-6-12(16)17/h5-6,8H,4,7H2,1-3H3. The molecule has 0 saturated carbocycles. The van der Waals surface area contributed by atoms with Gasteiger partial charge in [0.25, 0.3) is 5.56 Å². The van der Waals surface area contributed by atoms with Gasteiger partial charge in [-0.2, -0.15) is 4.98 Å². The summed E-state index contributed by atoms with van der Waals surface area (Å²) in [5, 5.41) is 3.89. The Balaban J connectivity index is 2.19. The van der Waals surface area contributed by atoms with Crippen LogP contribution in [-0.4, -0.2) is 19.7 Å². The second-order valence-corrected chi connectivity index (χ2v) is 4.68. The van der Waals surface area contributed by atoms with Gasteiger partial charge in [-0.25, -0.2) is 0 Å². The fourth-order valence-electron chi connectivity index (χ4n) is 1.66. The second kappa shape index (κ2) is 5.12. The number of nitrogens with zero attached hydrogens (tertiary/aromatic N) is 4. The van der Waals surface area contributed by atoms with Gasteiger partial charge in [0, 0.05) is 18.3 Å². The molecule has 0 saturated heterocycles. The molecule has 0 spiro atoms. The third-order valence-electron chi connectivity index (χ3n) is 2.53. The first-order valence-electron chi connectivity index (χ1n) is 5.89. The summed E-state index contributed by atoms with van der Waals surface area (Å²) in [6, 6.07) is 0. The van der Waals surface area contributed by atoms with Crippen LogP contribution in [0.4, 0.5) is 0 Å². The van der Waals surface area contributed by atoms with Gasteiger partial charge in [0.1, 0.15) is 6.54 Å². The lowest BCUT2D eigenvalue weighted by Crippen LogP contribution is -2.22. The van der Waals surface area contributed by atoms with Gasteiger partial charge in [0.05, 0.1) is 6.20 Å². The van der Waals surface area contributed by atoms with Crippen LogP contribution >= 0.6 is 0 Å². The van der Waals surface area contributed by atoms with Gasteiger partial charge in [-0.05, 0) is 12.8 Å². The van der Waals surface area contributed by atoms with E-state index in [2.05, 4.69) is 29.0 Å². The lowest BCUT2D eigenvalue weighted by molar-refractivity contribution is 0.361. The molecule has 2 aromatic rings. The average Bonchev–Trinajstić information content (AvgIpc) is 2.70. The zero-order valence-corrected chi connectivity index (χ0v) is 10.8. The van der Waals surface area contributed by atoms with E-state index < -0.39 is 0 Å². The number of aromatic nitrogens is 4. The van der Waals surface area contributed by atoms with Crippen LogP contribution in [0.15, 0.2) is 21.7 Å². The van der Waals surface area contributed by atoms with Crippen LogP contribution in [0.1, 0.15) is 31.3 Å². The Kier molecular flexibility index (Phi) is 3.55. The normalized spacial score (nSPS) is 11.1. The number of hydrogen-bond acceptors (Lipinski definition) is 5. The van der Waals surface area contributed by atoms with Crippen molar-refractivity contribution in [3.05, 3.63) is 40.2 Å². The molecule has 0 unspecified atom stereocenters. The Hall–Kier alpha value is -1.98. The van der Waals surface area contributed by atoms with Gasteiger partial charge in [-0.3, -0.25) is 9.78 Å². The van der Waals surface area contributed by atoms with E-state index in [1.54, 1.807) is 10.8 Å². The molecule has 0 bridgehead atoms. The zero-order valence-electron chi connectivity index (χ0n) is 10.8. The van der Waals surface area contributed by atoms with Crippen molar-refractivity contribution >= 4 is 0 Å². The van der Waals surface area contributed by atoms with Crippen LogP contribution in [0.2, 0.25) is 0 Å². The van der Waals surface area contributed by atoms with Crippen molar-refractivity contribution in [1.29, 1.82) is 0 Å². The summed E-state index contributed by atoms with van der Waals surface area (Å²) in [5.41, 5.74) is 0.602. The van der Waals surface area contributed by atoms with Crippen molar-refractivity contribution in [2.24, 2.45) is 5.92 Å². The summed E-state index contributed by atoms with van der Waals surface area (Å²) >= 11 is 0. The predicted molar refractivity (Wildman–Crippen MR) is 65.2 cm³/mol. The molecule has 0 aliphatic rings. The molecule has 0 fully saturated rings. The maximum absolute atomic E-state index is 11.6. The van der Waals surface area contributed by atoms with Crippen molar-refractivity contribution in [3.63, 3.8) is 0 Å². The van der Waals surface area contributed by atoms with E-state index in [4.69, 9.17) is 4.52 Å². The molecule has 0 aromatic carbocycles. The summed E-state index contributed by atoms with van der Waals surface area (Å²) in [6.45, 7) is 6.29. The Morgan fingerprint density at radius 2 is 2.17 bits per heavy atom. The second-order valence-electron chi connectivity index (χ2n) is 4.68. The first kappa shape index (κ1) is 12.5. The topological polar surface area (TPSA) is 73.8 Å². The molecule has 0 amide bonds. The molecule has 18 heavy (non-hydrogen) atoms. The summed E-state index contributed by atoms with van der Waals surface area (Å²) in [6.07, 6.45) is 3.68. The fourth-order valence-corrected chi connectivity index (χ4v) is 1.66. The van der Waals surface area contributed by atoms with Crippen LogP contribution < -0.4 is 5.56 Å². The van der Waals surface area contributed by atoms with Gasteiger partial charge in [0.15, 0.2) is 5.82 Å². The molecule has 0 aliphatic heterocycles. The third-order valence-corrected chi connectivity index (χ3v) is 2.53. The first-order valence-corrected chi connectivity index (χ1v) is 5.89. The van der Waals surface area contributed by atoms with E-state index >= 15 is 0 Å². The van der Waals surface area contributed by atoms with E-state index in [9.17, 15) is 4.79 Å². The molecule has 2 heterocycles. The third kappa shape index (κ3) is 2.82. The minimum absolute atomic E-state index is 0.168. The van der Waals surface area contributed by atoms with Crippen LogP contribution in [0.5, 0.6) is 0 Å². The molecule has 0 radical (unpaired) electrons. The van der Waals surface area contributed by atoms with Crippen molar-refractivity contribution in [2.45, 2.75) is 33.7 Å². The highest BCUT2D eigenvalue weighted by Crippen LogP contribution is 2.06. The van der Waals surface area contributed by atoms with Crippen LogP contribution in [-0.2, 0) is 13.0 Å². The van der Waals surface area contributed by atoms with E-state index in [1.807, 2.05) is 6.92 Å². The van der Waals surface area contributed by atoms with Crippen LogP contribution in [0, 0.1) is 12.8 Å². The fraction of sp³-hybridized carbons (Fsp3) is 0.500. The van der Waals surface area contributed by atoms with E-state index in [1.165, 1.54) is 6.20 Å². The lowest BCUT2D eigenvalue weighted by atomic mass is 10.1. The molecule has 2 aromatic heterocycles. The highest BCUT2D eigenvalue weighted by atomic mass is 16.5. The quantitative estimate of drug-likeness (QED) is 0.812. The summed E-state index contributed by atoms with van der Waals surface area (Å²) < 4.78 is 6.69. The van der Waals surface area contributed by atoms with Gasteiger partial charge < -0.3 is 9.09 Å². The van der Waals surface area contributed by atoms with E-state index in [0.717, 1.165) is 12.1 Å². The largest absolute Gasteiger partial charge is 0.337 e. The first-order chi connectivity index (χ1) is 8.56. The number of rotatable bonds is 4. The Bertz CT molecular complexity index is 586. The molecular weight excluding hydrogens is 232 g/mol. The van der Waals surface area contributed by atoms with E-state index in [-0.39, 0.29) is 12.1 Å². The minimum Gasteiger partial charge on any atom is -0.337 e. The van der Waals surface area contributed by atoms with Crippen molar-refractivity contribution in [1.82, 2.24) is 19.7 Å². The van der Waals surface area contributed by atoms with Crippen LogP contribution in [0.25, 0.3) is 0 Å². The van der Waals surface area contributed by atoms with Gasteiger partial charge in [-0.15, -0.1) is 0 Å². The monoisotopic (exact) mass is 248 g/mol. The van der Waals surface area contributed by atoms with Gasteiger partial charge >= 0.3 is 0 Å². The molecule has 0 atom stereocenters. The SMILES string of the molecule is Cc1cncc(=O)n1Cc1nc(CC(C)C)no1. The number of aryl methyl sites for hydroxylation is 1. The molecular formula is C12H16N4O2. The molecule has 0 N–H and O–H groups in total. The minimum atomic E-state index is -0.168. The summed E-state index contributed by atoms with van der Waals surface area (Å²) in [5.74, 6) is 1.60. The highest BCUT2D eigenvalue weighted by molar-refractivity contribution is 4.98. The Morgan fingerprint density at radius 3 is 2.83 bits per heavy atom. The van der Waals surface area contributed by atoms with Gasteiger partial charge in [-0.1, -0.05) is 19.0 Å². The maximum Gasteiger partial charge on any atom is 0.269 e. The molecule has 96 valence electrons. The molecule has 6 heteroatoms. The molecule has 2 rings (SSSR count). The molecule has 0 aliphatic carbocycles. The Labute approximate surface area is 105 Å². The maximum atomic E-state index is 11.6. The van der Waals surface area contributed by atoms with Crippen molar-refractivity contribution in [3.8, 4) is 0 Å². The lowest BCUT2D eigenvalue weighted by Gasteiger charge is -2.04. The smallest absolute Gasteiger partial charge is 0.269 e.